The van der Waals surface area contributed by atoms with Gasteiger partial charge in [0.2, 0.25) is 5.91 Å². The Hall–Kier alpha value is -2.20. The minimum atomic E-state index is -1.29. The SMILES string of the molecule is COC(=O)CCCCCCCCCCC(=O)NC(C(O)CCC(=O)O)C(O)CCC(=O)O. The van der Waals surface area contributed by atoms with Crippen molar-refractivity contribution in [3.8, 4) is 0 Å². The first kappa shape index (κ1) is 29.8. The second kappa shape index (κ2) is 18.4. The number of carbonyl (C=O) groups excluding carboxylic acids is 2. The Morgan fingerprint density at radius 3 is 1.50 bits per heavy atom. The van der Waals surface area contributed by atoms with Crippen LogP contribution in [0.3, 0.4) is 0 Å². The zero-order chi connectivity index (χ0) is 24.4. The molecule has 0 fully saturated rings. The van der Waals surface area contributed by atoms with Crippen LogP contribution in [0.15, 0.2) is 0 Å². The Labute approximate surface area is 189 Å². The van der Waals surface area contributed by atoms with E-state index in [0.29, 0.717) is 12.8 Å². The van der Waals surface area contributed by atoms with Gasteiger partial charge in [0.1, 0.15) is 0 Å². The fourth-order valence-electron chi connectivity index (χ4n) is 3.33. The third-order valence-electron chi connectivity index (χ3n) is 5.23. The van der Waals surface area contributed by atoms with E-state index in [4.69, 9.17) is 10.2 Å². The molecular formula is C22H39NO9. The number of carboxylic acids is 2. The van der Waals surface area contributed by atoms with Gasteiger partial charge < -0.3 is 30.5 Å². The number of aliphatic carboxylic acids is 2. The topological polar surface area (TPSA) is 170 Å². The van der Waals surface area contributed by atoms with Gasteiger partial charge in [0.05, 0.1) is 25.4 Å². The largest absolute Gasteiger partial charge is 0.481 e. The van der Waals surface area contributed by atoms with E-state index in [0.717, 1.165) is 44.9 Å². The molecule has 1 amide bonds. The summed E-state index contributed by atoms with van der Waals surface area (Å²) < 4.78 is 4.59. The predicted octanol–water partition coefficient (Wildman–Crippen LogP) is 2.00. The Bertz CT molecular complexity index is 544. The highest BCUT2D eigenvalue weighted by molar-refractivity contribution is 5.76. The molecule has 2 atom stereocenters. The summed E-state index contributed by atoms with van der Waals surface area (Å²) in [5, 5.41) is 40.5. The summed E-state index contributed by atoms with van der Waals surface area (Å²) in [4.78, 5) is 44.7. The average molecular weight is 462 g/mol. The van der Waals surface area contributed by atoms with Crippen molar-refractivity contribution in [2.75, 3.05) is 7.11 Å². The van der Waals surface area contributed by atoms with Gasteiger partial charge in [-0.1, -0.05) is 38.5 Å². The number of amides is 1. The minimum absolute atomic E-state index is 0.163. The normalized spacial score (nSPS) is 13.7. The average Bonchev–Trinajstić information content (AvgIpc) is 2.74. The number of rotatable bonds is 20. The highest BCUT2D eigenvalue weighted by Gasteiger charge is 2.29. The van der Waals surface area contributed by atoms with Crippen LogP contribution in [0.1, 0.15) is 89.9 Å². The third-order valence-corrected chi connectivity index (χ3v) is 5.23. The van der Waals surface area contributed by atoms with E-state index >= 15 is 0 Å². The van der Waals surface area contributed by atoms with E-state index in [9.17, 15) is 29.4 Å². The van der Waals surface area contributed by atoms with Crippen molar-refractivity contribution in [2.45, 2.75) is 108 Å². The van der Waals surface area contributed by atoms with Gasteiger partial charge in [0.25, 0.3) is 0 Å². The summed E-state index contributed by atoms with van der Waals surface area (Å²) >= 11 is 0. The number of aliphatic hydroxyl groups is 2. The van der Waals surface area contributed by atoms with E-state index < -0.39 is 30.2 Å². The molecule has 0 aromatic carbocycles. The number of hydrogen-bond acceptors (Lipinski definition) is 7. The molecule has 0 aliphatic rings. The van der Waals surface area contributed by atoms with Crippen LogP contribution >= 0.6 is 0 Å². The van der Waals surface area contributed by atoms with Crippen LogP contribution in [0, 0.1) is 0 Å². The van der Waals surface area contributed by atoms with Gasteiger partial charge in [-0.05, 0) is 25.7 Å². The molecule has 32 heavy (non-hydrogen) atoms. The summed E-state index contributed by atoms with van der Waals surface area (Å²) in [6.07, 6.45) is 4.46. The van der Waals surface area contributed by atoms with Gasteiger partial charge in [-0.2, -0.15) is 0 Å². The first-order chi connectivity index (χ1) is 15.2. The molecule has 0 bridgehead atoms. The van der Waals surface area contributed by atoms with E-state index in [1.165, 1.54) is 7.11 Å². The smallest absolute Gasteiger partial charge is 0.305 e. The molecular weight excluding hydrogens is 422 g/mol. The van der Waals surface area contributed by atoms with Crippen molar-refractivity contribution in [3.63, 3.8) is 0 Å². The van der Waals surface area contributed by atoms with E-state index in [1.807, 2.05) is 0 Å². The van der Waals surface area contributed by atoms with E-state index in [-0.39, 0.29) is 44.0 Å². The molecule has 0 saturated heterocycles. The molecule has 0 aromatic rings. The molecule has 0 saturated carbocycles. The molecule has 0 aliphatic heterocycles. The Kier molecular flexibility index (Phi) is 17.1. The van der Waals surface area contributed by atoms with Gasteiger partial charge in [-0.25, -0.2) is 0 Å². The maximum absolute atomic E-state index is 12.2. The van der Waals surface area contributed by atoms with Crippen molar-refractivity contribution in [2.24, 2.45) is 0 Å². The van der Waals surface area contributed by atoms with Crippen molar-refractivity contribution in [1.29, 1.82) is 0 Å². The highest BCUT2D eigenvalue weighted by atomic mass is 16.5. The number of esters is 1. The Balaban J connectivity index is 4.17. The summed E-state index contributed by atoms with van der Waals surface area (Å²) in [5.74, 6) is -2.79. The van der Waals surface area contributed by atoms with Crippen LogP contribution in [0.25, 0.3) is 0 Å². The first-order valence-corrected chi connectivity index (χ1v) is 11.3. The van der Waals surface area contributed by atoms with Gasteiger partial charge in [-0.3, -0.25) is 19.2 Å². The quantitative estimate of drug-likeness (QED) is 0.134. The Morgan fingerprint density at radius 2 is 1.09 bits per heavy atom. The maximum atomic E-state index is 12.2. The lowest BCUT2D eigenvalue weighted by atomic mass is 9.97. The molecule has 5 N–H and O–H groups in total. The zero-order valence-corrected chi connectivity index (χ0v) is 19.0. The number of carbonyl (C=O) groups is 4. The molecule has 0 spiro atoms. The van der Waals surface area contributed by atoms with Gasteiger partial charge in [-0.15, -0.1) is 0 Å². The second-order valence-electron chi connectivity index (χ2n) is 8.00. The van der Waals surface area contributed by atoms with Gasteiger partial charge >= 0.3 is 17.9 Å². The summed E-state index contributed by atoms with van der Waals surface area (Å²) in [5.41, 5.74) is 0. The van der Waals surface area contributed by atoms with Crippen LogP contribution in [-0.4, -0.2) is 69.6 Å². The van der Waals surface area contributed by atoms with Crippen LogP contribution < -0.4 is 5.32 Å². The second-order valence-corrected chi connectivity index (χ2v) is 8.00. The highest BCUT2D eigenvalue weighted by Crippen LogP contribution is 2.14. The number of hydrogen-bond donors (Lipinski definition) is 5. The fraction of sp³-hybridized carbons (Fsp3) is 0.818. The molecule has 0 rings (SSSR count). The van der Waals surface area contributed by atoms with Gasteiger partial charge in [0.15, 0.2) is 0 Å². The molecule has 0 radical (unpaired) electrons. The van der Waals surface area contributed by atoms with Crippen molar-refractivity contribution < 1.29 is 44.3 Å². The Morgan fingerprint density at radius 1 is 0.688 bits per heavy atom. The summed E-state index contributed by atoms with van der Waals surface area (Å²) in [6.45, 7) is 0. The number of nitrogens with one attached hydrogen (secondary N) is 1. The standard InChI is InChI=1S/C22H39NO9/c1-32-21(31)11-9-7-5-3-2-4-6-8-10-18(26)23-22(16(24)12-14-19(27)28)17(25)13-15-20(29)30/h16-17,22,24-25H,2-15H2,1H3,(H,23,26)(H,27,28)(H,29,30). The molecule has 10 heteroatoms. The molecule has 0 aliphatic carbocycles. The zero-order valence-electron chi connectivity index (χ0n) is 19.0. The number of aliphatic hydroxyl groups excluding tert-OH is 2. The van der Waals surface area contributed by atoms with Crippen molar-refractivity contribution in [3.05, 3.63) is 0 Å². The summed E-state index contributed by atoms with van der Waals surface area (Å²) in [6, 6.07) is -1.12. The predicted molar refractivity (Wildman–Crippen MR) is 116 cm³/mol. The van der Waals surface area contributed by atoms with E-state index in [2.05, 4.69) is 10.1 Å². The number of methoxy groups -OCH3 is 1. The first-order valence-electron chi connectivity index (χ1n) is 11.3. The third kappa shape index (κ3) is 16.5. The van der Waals surface area contributed by atoms with E-state index in [1.54, 1.807) is 0 Å². The van der Waals surface area contributed by atoms with Crippen molar-refractivity contribution >= 4 is 23.8 Å². The number of carboxylic acid groups (broad SMARTS) is 2. The molecule has 0 heterocycles. The lowest BCUT2D eigenvalue weighted by Crippen LogP contribution is -2.51. The number of unbranched alkanes of at least 4 members (excludes halogenated alkanes) is 7. The fourth-order valence-corrected chi connectivity index (χ4v) is 3.33. The van der Waals surface area contributed by atoms with Crippen LogP contribution in [0.2, 0.25) is 0 Å². The summed E-state index contributed by atoms with van der Waals surface area (Å²) in [7, 11) is 1.38. The van der Waals surface area contributed by atoms with Crippen LogP contribution in [0.4, 0.5) is 0 Å². The maximum Gasteiger partial charge on any atom is 0.305 e. The lowest BCUT2D eigenvalue weighted by molar-refractivity contribution is -0.141. The van der Waals surface area contributed by atoms with Crippen molar-refractivity contribution in [1.82, 2.24) is 5.32 Å². The molecule has 0 aromatic heterocycles. The monoisotopic (exact) mass is 461 g/mol. The number of ether oxygens (including phenoxy) is 1. The minimum Gasteiger partial charge on any atom is -0.481 e. The molecule has 2 unspecified atom stereocenters. The van der Waals surface area contributed by atoms with Gasteiger partial charge in [0, 0.05) is 25.7 Å². The lowest BCUT2D eigenvalue weighted by Gasteiger charge is -2.28. The molecule has 186 valence electrons. The van der Waals surface area contributed by atoms with Crippen LogP contribution in [-0.2, 0) is 23.9 Å². The molecule has 10 nitrogen and oxygen atoms in total. The van der Waals surface area contributed by atoms with Crippen LogP contribution in [0.5, 0.6) is 0 Å².